The van der Waals surface area contributed by atoms with Crippen LogP contribution in [-0.2, 0) is 9.53 Å². The van der Waals surface area contributed by atoms with Crippen molar-refractivity contribution in [3.63, 3.8) is 0 Å². The molecule has 0 aromatic carbocycles. The number of carbonyl (C=O) groups is 1. The molecule has 1 rings (SSSR count). The first-order chi connectivity index (χ1) is 8.07. The van der Waals surface area contributed by atoms with Gasteiger partial charge < -0.3 is 10.1 Å². The van der Waals surface area contributed by atoms with Gasteiger partial charge in [-0.3, -0.25) is 4.79 Å². The molecule has 3 nitrogen and oxygen atoms in total. The van der Waals surface area contributed by atoms with Crippen molar-refractivity contribution in [1.82, 2.24) is 5.32 Å². The molecule has 1 aliphatic rings. The lowest BCUT2D eigenvalue weighted by molar-refractivity contribution is -0.117. The van der Waals surface area contributed by atoms with E-state index in [9.17, 15) is 4.79 Å². The van der Waals surface area contributed by atoms with Gasteiger partial charge in [-0.2, -0.15) is 0 Å². The second kappa shape index (κ2) is 4.92. The summed E-state index contributed by atoms with van der Waals surface area (Å²) in [5.41, 5.74) is 1.10. The normalized spacial score (nSPS) is 23.7. The van der Waals surface area contributed by atoms with E-state index < -0.39 is 8.07 Å². The van der Waals surface area contributed by atoms with E-state index in [1.54, 1.807) is 19.4 Å². The average molecular weight is 267 g/mol. The maximum atomic E-state index is 11.9. The van der Waals surface area contributed by atoms with Crippen molar-refractivity contribution in [2.75, 3.05) is 7.11 Å². The van der Waals surface area contributed by atoms with Gasteiger partial charge in [-0.25, -0.2) is 0 Å². The Hall–Kier alpha value is -1.03. The summed E-state index contributed by atoms with van der Waals surface area (Å²) < 4.78 is 5.24. The zero-order valence-electron chi connectivity index (χ0n) is 12.5. The van der Waals surface area contributed by atoms with Crippen LogP contribution in [0.15, 0.2) is 23.1 Å². The van der Waals surface area contributed by atoms with Crippen molar-refractivity contribution < 1.29 is 9.53 Å². The Morgan fingerprint density at radius 2 is 1.89 bits per heavy atom. The minimum absolute atomic E-state index is 0.0108. The lowest BCUT2D eigenvalue weighted by atomic mass is 9.81. The molecule has 1 unspecified atom stereocenters. The molecule has 1 N–H and O–H groups in total. The highest BCUT2D eigenvalue weighted by molar-refractivity contribution is 6.84. The van der Waals surface area contributed by atoms with Crippen molar-refractivity contribution in [3.8, 4) is 0 Å². The van der Waals surface area contributed by atoms with Crippen LogP contribution in [0, 0.1) is 5.41 Å². The SMILES string of the molecule is CO/C=C1\C([Si](C)(C)C)=CC(=O)NC1C(C)(C)C. The molecule has 0 saturated carbocycles. The summed E-state index contributed by atoms with van der Waals surface area (Å²) >= 11 is 0. The van der Waals surface area contributed by atoms with E-state index in [1.165, 1.54) is 5.20 Å². The van der Waals surface area contributed by atoms with Gasteiger partial charge in [0.15, 0.2) is 0 Å². The summed E-state index contributed by atoms with van der Waals surface area (Å²) in [6, 6.07) is 0.0108. The van der Waals surface area contributed by atoms with Gasteiger partial charge >= 0.3 is 0 Å². The zero-order chi connectivity index (χ0) is 14.1. The molecular formula is C14H25NO2Si. The first kappa shape index (κ1) is 15.0. The monoisotopic (exact) mass is 267 g/mol. The third-order valence-electron chi connectivity index (χ3n) is 3.10. The molecule has 0 saturated heterocycles. The predicted octanol–water partition coefficient (Wildman–Crippen LogP) is 2.87. The van der Waals surface area contributed by atoms with Crippen LogP contribution >= 0.6 is 0 Å². The number of ether oxygens (including phenoxy) is 1. The van der Waals surface area contributed by atoms with Crippen LogP contribution in [0.1, 0.15) is 20.8 Å². The molecule has 1 heterocycles. The number of rotatable bonds is 2. The van der Waals surface area contributed by atoms with E-state index in [0.717, 1.165) is 5.57 Å². The first-order valence-corrected chi connectivity index (χ1v) is 9.83. The van der Waals surface area contributed by atoms with E-state index in [-0.39, 0.29) is 17.4 Å². The van der Waals surface area contributed by atoms with Crippen LogP contribution in [-0.4, -0.2) is 27.1 Å². The Morgan fingerprint density at radius 1 is 1.33 bits per heavy atom. The summed E-state index contributed by atoms with van der Waals surface area (Å²) in [4.78, 5) is 11.9. The van der Waals surface area contributed by atoms with Crippen molar-refractivity contribution >= 4 is 14.0 Å². The molecule has 0 aromatic heterocycles. The van der Waals surface area contributed by atoms with E-state index >= 15 is 0 Å². The molecule has 0 aromatic rings. The maximum absolute atomic E-state index is 11.9. The molecule has 0 spiro atoms. The highest BCUT2D eigenvalue weighted by atomic mass is 28.3. The van der Waals surface area contributed by atoms with Crippen molar-refractivity contribution in [2.24, 2.45) is 5.41 Å². The van der Waals surface area contributed by atoms with Crippen LogP contribution < -0.4 is 5.32 Å². The molecule has 18 heavy (non-hydrogen) atoms. The summed E-state index contributed by atoms with van der Waals surface area (Å²) in [6.07, 6.45) is 3.54. The molecule has 0 radical (unpaired) electrons. The Morgan fingerprint density at radius 3 is 2.28 bits per heavy atom. The molecule has 0 fully saturated rings. The number of amides is 1. The van der Waals surface area contributed by atoms with E-state index in [4.69, 9.17) is 4.74 Å². The summed E-state index contributed by atoms with van der Waals surface area (Å²) in [7, 11) is 0.0906. The second-order valence-electron chi connectivity index (χ2n) is 6.92. The minimum Gasteiger partial charge on any atom is -0.504 e. The highest BCUT2D eigenvalue weighted by Gasteiger charge is 2.38. The van der Waals surface area contributed by atoms with Gasteiger partial charge in [0.2, 0.25) is 5.91 Å². The van der Waals surface area contributed by atoms with Crippen LogP contribution in [0.4, 0.5) is 0 Å². The number of nitrogens with one attached hydrogen (secondary N) is 1. The van der Waals surface area contributed by atoms with Gasteiger partial charge in [0.1, 0.15) is 0 Å². The largest absolute Gasteiger partial charge is 0.504 e. The maximum Gasteiger partial charge on any atom is 0.244 e. The topological polar surface area (TPSA) is 38.3 Å². The van der Waals surface area contributed by atoms with Crippen molar-refractivity contribution in [3.05, 3.63) is 23.1 Å². The lowest BCUT2D eigenvalue weighted by Crippen LogP contribution is -2.50. The molecule has 1 amide bonds. The minimum atomic E-state index is -1.57. The Labute approximate surface area is 111 Å². The molecule has 1 atom stereocenters. The molecule has 4 heteroatoms. The molecule has 102 valence electrons. The third kappa shape index (κ3) is 3.25. The zero-order valence-corrected chi connectivity index (χ0v) is 13.5. The van der Waals surface area contributed by atoms with Gasteiger partial charge in [-0.15, -0.1) is 0 Å². The smallest absolute Gasteiger partial charge is 0.244 e. The van der Waals surface area contributed by atoms with Crippen molar-refractivity contribution in [1.29, 1.82) is 0 Å². The summed E-state index contributed by atoms with van der Waals surface area (Å²) in [5, 5.41) is 4.24. The summed E-state index contributed by atoms with van der Waals surface area (Å²) in [6.45, 7) is 13.2. The third-order valence-corrected chi connectivity index (χ3v) is 5.15. The standard InChI is InChI=1S/C14H25NO2Si/c1-14(2,3)13-10(9-17-4)11(18(5,6)7)8-12(16)15-13/h8-9,13H,1-7H3,(H,15,16)/b10-9+. The fraction of sp³-hybridized carbons (Fsp3) is 0.643. The highest BCUT2D eigenvalue weighted by Crippen LogP contribution is 2.35. The van der Waals surface area contributed by atoms with Gasteiger partial charge in [0.05, 0.1) is 27.5 Å². The fourth-order valence-electron chi connectivity index (χ4n) is 2.22. The number of methoxy groups -OCH3 is 1. The molecule has 0 aliphatic carbocycles. The Balaban J connectivity index is 3.33. The van der Waals surface area contributed by atoms with E-state index in [0.29, 0.717) is 0 Å². The van der Waals surface area contributed by atoms with E-state index in [2.05, 4.69) is 45.7 Å². The fourth-order valence-corrected chi connectivity index (χ4v) is 3.86. The van der Waals surface area contributed by atoms with Crippen LogP contribution in [0.2, 0.25) is 19.6 Å². The lowest BCUT2D eigenvalue weighted by Gasteiger charge is -2.39. The average Bonchev–Trinajstić information content (AvgIpc) is 2.17. The Kier molecular flexibility index (Phi) is 4.11. The van der Waals surface area contributed by atoms with Crippen LogP contribution in [0.5, 0.6) is 0 Å². The van der Waals surface area contributed by atoms with E-state index in [1.807, 2.05) is 0 Å². The predicted molar refractivity (Wildman–Crippen MR) is 77.9 cm³/mol. The summed E-state index contributed by atoms with van der Waals surface area (Å²) in [5.74, 6) is 0.0144. The van der Waals surface area contributed by atoms with Gasteiger partial charge in [-0.1, -0.05) is 40.4 Å². The van der Waals surface area contributed by atoms with Gasteiger partial charge in [0.25, 0.3) is 0 Å². The molecular weight excluding hydrogens is 242 g/mol. The van der Waals surface area contributed by atoms with Gasteiger partial charge in [0, 0.05) is 11.6 Å². The molecule has 0 bridgehead atoms. The van der Waals surface area contributed by atoms with Gasteiger partial charge in [-0.05, 0) is 10.6 Å². The van der Waals surface area contributed by atoms with Crippen molar-refractivity contribution in [2.45, 2.75) is 46.5 Å². The molecule has 1 aliphatic heterocycles. The number of hydrogen-bond acceptors (Lipinski definition) is 2. The van der Waals surface area contributed by atoms with Crippen LogP contribution in [0.3, 0.4) is 0 Å². The second-order valence-corrected chi connectivity index (χ2v) is 12.0. The van der Waals surface area contributed by atoms with Crippen LogP contribution in [0.25, 0.3) is 0 Å². The first-order valence-electron chi connectivity index (χ1n) is 6.33. The number of hydrogen-bond donors (Lipinski definition) is 1. The quantitative estimate of drug-likeness (QED) is 0.617. The number of carbonyl (C=O) groups excluding carboxylic acids is 1. The Bertz CT molecular complexity index is 397.